The van der Waals surface area contributed by atoms with Gasteiger partial charge in [-0.2, -0.15) is 0 Å². The highest BCUT2D eigenvalue weighted by Crippen LogP contribution is 2.67. The first kappa shape index (κ1) is 48.7. The molecule has 3 N–H and O–H groups in total. The van der Waals surface area contributed by atoms with Crippen molar-refractivity contribution in [2.24, 2.45) is 52.3 Å². The maximum atomic E-state index is 12.6. The van der Waals surface area contributed by atoms with Gasteiger partial charge in [0.1, 0.15) is 31.0 Å². The minimum atomic E-state index is -1.46. The summed E-state index contributed by atoms with van der Waals surface area (Å²) in [7, 11) is 0. The SMILES string of the molecule is CC/C=C\C/C=C\C/C=C\C/C=C\CCCCC(=O)OCC1OC(OC2CCC3(C)C(=CCC4C3CCC3(C)C(C(C)/C=C/C(CC)C(C)C)CCC43)C2)C(O)C(O)C1O. The van der Waals surface area contributed by atoms with E-state index < -0.39 is 30.7 Å². The van der Waals surface area contributed by atoms with E-state index in [0.717, 1.165) is 82.0 Å². The summed E-state index contributed by atoms with van der Waals surface area (Å²) in [5, 5.41) is 32.5. The second-order valence-corrected chi connectivity index (χ2v) is 20.0. The summed E-state index contributed by atoms with van der Waals surface area (Å²) in [5.74, 6) is 4.53. The lowest BCUT2D eigenvalue weighted by molar-refractivity contribution is -0.313. The third kappa shape index (κ3) is 12.2. The Morgan fingerprint density at radius 3 is 2.22 bits per heavy atom. The third-order valence-electron chi connectivity index (χ3n) is 15.9. The fourth-order valence-electron chi connectivity index (χ4n) is 12.2. The number of aliphatic hydroxyl groups excluding tert-OH is 3. The number of ether oxygens (including phenoxy) is 3. The van der Waals surface area contributed by atoms with Crippen molar-refractivity contribution in [3.05, 3.63) is 72.4 Å². The number of allylic oxidation sites excluding steroid dienone is 11. The first-order chi connectivity index (χ1) is 28.8. The zero-order valence-electron chi connectivity index (χ0n) is 38.6. The van der Waals surface area contributed by atoms with E-state index in [9.17, 15) is 20.1 Å². The summed E-state index contributed by atoms with van der Waals surface area (Å²) in [5.41, 5.74) is 2.03. The molecule has 0 amide bonds. The topological polar surface area (TPSA) is 105 Å². The second kappa shape index (κ2) is 23.4. The van der Waals surface area contributed by atoms with Crippen molar-refractivity contribution in [1.82, 2.24) is 0 Å². The first-order valence-corrected chi connectivity index (χ1v) is 24.3. The van der Waals surface area contributed by atoms with E-state index in [1.54, 1.807) is 0 Å². The largest absolute Gasteiger partial charge is 0.463 e. The summed E-state index contributed by atoms with van der Waals surface area (Å²) in [6.07, 6.45) is 35.5. The minimum absolute atomic E-state index is 0.147. The molecule has 5 aliphatic rings. The molecule has 338 valence electrons. The van der Waals surface area contributed by atoms with E-state index in [1.807, 2.05) is 0 Å². The van der Waals surface area contributed by atoms with Crippen LogP contribution in [-0.2, 0) is 19.0 Å². The van der Waals surface area contributed by atoms with Gasteiger partial charge in [0.2, 0.25) is 0 Å². The molecule has 0 aromatic carbocycles. The zero-order chi connectivity index (χ0) is 43.3. The maximum absolute atomic E-state index is 12.6. The lowest BCUT2D eigenvalue weighted by atomic mass is 9.47. The van der Waals surface area contributed by atoms with Crippen LogP contribution in [-0.4, -0.2) is 64.7 Å². The normalized spacial score (nSPS) is 37.0. The molecule has 5 rings (SSSR count). The van der Waals surface area contributed by atoms with Crippen LogP contribution in [0.5, 0.6) is 0 Å². The number of fused-ring (bicyclic) bond motifs is 5. The second-order valence-electron chi connectivity index (χ2n) is 20.0. The lowest BCUT2D eigenvalue weighted by Crippen LogP contribution is -2.60. The highest BCUT2D eigenvalue weighted by molar-refractivity contribution is 5.69. The van der Waals surface area contributed by atoms with Gasteiger partial charge in [-0.3, -0.25) is 4.79 Å². The molecule has 0 aromatic heterocycles. The quantitative estimate of drug-likeness (QED) is 0.0601. The van der Waals surface area contributed by atoms with Gasteiger partial charge >= 0.3 is 5.97 Å². The summed E-state index contributed by atoms with van der Waals surface area (Å²) < 4.78 is 18.0. The van der Waals surface area contributed by atoms with Gasteiger partial charge in [0.05, 0.1) is 6.10 Å². The van der Waals surface area contributed by atoms with E-state index >= 15 is 0 Å². The number of hydrogen-bond acceptors (Lipinski definition) is 7. The number of hydrogen-bond donors (Lipinski definition) is 3. The minimum Gasteiger partial charge on any atom is -0.463 e. The van der Waals surface area contributed by atoms with Gasteiger partial charge in [-0.25, -0.2) is 0 Å². The van der Waals surface area contributed by atoms with Crippen molar-refractivity contribution < 1.29 is 34.3 Å². The van der Waals surface area contributed by atoms with Crippen molar-refractivity contribution >= 4 is 5.97 Å². The number of unbranched alkanes of at least 4 members (excludes halogenated alkanes) is 2. The molecule has 0 aromatic rings. The number of rotatable bonds is 21. The molecule has 14 atom stereocenters. The lowest BCUT2D eigenvalue weighted by Gasteiger charge is -2.58. The van der Waals surface area contributed by atoms with Crippen LogP contribution in [0.4, 0.5) is 0 Å². The third-order valence-corrected chi connectivity index (χ3v) is 15.9. The average Bonchev–Trinajstić information content (AvgIpc) is 3.59. The van der Waals surface area contributed by atoms with Crippen LogP contribution in [0, 0.1) is 52.3 Å². The van der Waals surface area contributed by atoms with Gasteiger partial charge in [0, 0.05) is 6.42 Å². The van der Waals surface area contributed by atoms with Gasteiger partial charge in [0.25, 0.3) is 0 Å². The van der Waals surface area contributed by atoms with Crippen molar-refractivity contribution in [3.63, 3.8) is 0 Å². The number of esters is 1. The monoisotopic (exact) mass is 833 g/mol. The van der Waals surface area contributed by atoms with E-state index in [4.69, 9.17) is 14.2 Å². The fourth-order valence-corrected chi connectivity index (χ4v) is 12.2. The molecule has 0 spiro atoms. The summed E-state index contributed by atoms with van der Waals surface area (Å²) in [6.45, 7) is 16.6. The van der Waals surface area contributed by atoms with Gasteiger partial charge in [-0.05, 0) is 155 Å². The van der Waals surface area contributed by atoms with Crippen LogP contribution in [0.2, 0.25) is 0 Å². The van der Waals surface area contributed by atoms with Gasteiger partial charge < -0.3 is 29.5 Å². The Morgan fingerprint density at radius 1 is 0.833 bits per heavy atom. The van der Waals surface area contributed by atoms with E-state index in [2.05, 4.69) is 115 Å². The van der Waals surface area contributed by atoms with E-state index in [1.165, 1.54) is 37.7 Å². The van der Waals surface area contributed by atoms with Gasteiger partial charge in [0.15, 0.2) is 6.29 Å². The highest BCUT2D eigenvalue weighted by Gasteiger charge is 2.59. The smallest absolute Gasteiger partial charge is 0.305 e. The van der Waals surface area contributed by atoms with Crippen molar-refractivity contribution in [1.29, 1.82) is 0 Å². The van der Waals surface area contributed by atoms with Crippen LogP contribution >= 0.6 is 0 Å². The van der Waals surface area contributed by atoms with Gasteiger partial charge in [-0.1, -0.05) is 121 Å². The van der Waals surface area contributed by atoms with Crippen molar-refractivity contribution in [3.8, 4) is 0 Å². The summed E-state index contributed by atoms with van der Waals surface area (Å²) >= 11 is 0. The Balaban J connectivity index is 1.05. The average molecular weight is 833 g/mol. The molecule has 1 saturated heterocycles. The van der Waals surface area contributed by atoms with Crippen molar-refractivity contribution in [2.75, 3.05) is 6.61 Å². The van der Waals surface area contributed by atoms with E-state index in [-0.39, 0.29) is 30.5 Å². The molecular weight excluding hydrogens is 749 g/mol. The van der Waals surface area contributed by atoms with Crippen LogP contribution in [0.15, 0.2) is 72.4 Å². The molecular formula is C53H84O7. The van der Waals surface area contributed by atoms with Crippen LogP contribution in [0.1, 0.15) is 158 Å². The molecule has 3 saturated carbocycles. The predicted octanol–water partition coefficient (Wildman–Crippen LogP) is 11.5. The standard InChI is InChI=1S/C53H84O7/c1-8-10-11-12-13-14-15-16-17-18-19-20-21-22-23-24-47(54)58-36-46-48(55)49(56)50(57)51(60-46)59-41-31-33-52(6)40(35-41)27-28-42-44-30-29-43(53(44,7)34-32-45(42)52)38(5)25-26-39(9-2)37(3)4/h10-11,13-14,16-17,19-20,25-27,37-39,41-46,48-51,55-57H,8-9,12,15,18,21-24,28-36H2,1-7H3/b11-10-,14-13-,17-16-,20-19-,26-25+. The molecule has 1 heterocycles. The van der Waals surface area contributed by atoms with Crippen LogP contribution in [0.3, 0.4) is 0 Å². The zero-order valence-corrected chi connectivity index (χ0v) is 38.6. The van der Waals surface area contributed by atoms with Crippen LogP contribution < -0.4 is 0 Å². The Kier molecular flexibility index (Phi) is 19.0. The van der Waals surface area contributed by atoms with Gasteiger partial charge in [-0.15, -0.1) is 0 Å². The summed E-state index contributed by atoms with van der Waals surface area (Å²) in [4.78, 5) is 12.6. The van der Waals surface area contributed by atoms with Crippen LogP contribution in [0.25, 0.3) is 0 Å². The number of carbonyl (C=O) groups is 1. The number of aliphatic hydroxyl groups is 3. The maximum Gasteiger partial charge on any atom is 0.305 e. The Morgan fingerprint density at radius 2 is 1.53 bits per heavy atom. The Bertz CT molecular complexity index is 1510. The molecule has 14 unspecified atom stereocenters. The highest BCUT2D eigenvalue weighted by atomic mass is 16.7. The summed E-state index contributed by atoms with van der Waals surface area (Å²) in [6, 6.07) is 0. The molecule has 4 fully saturated rings. The van der Waals surface area contributed by atoms with E-state index in [0.29, 0.717) is 35.5 Å². The molecule has 7 nitrogen and oxygen atoms in total. The predicted molar refractivity (Wildman–Crippen MR) is 244 cm³/mol. The molecule has 0 radical (unpaired) electrons. The molecule has 1 aliphatic heterocycles. The molecule has 60 heavy (non-hydrogen) atoms. The van der Waals surface area contributed by atoms with Crippen molar-refractivity contribution in [2.45, 2.75) is 194 Å². The Labute approximate surface area is 364 Å². The fraction of sp³-hybridized carbons (Fsp3) is 0.755. The Hall–Kier alpha value is -2.29. The first-order valence-electron chi connectivity index (χ1n) is 24.3. The number of carbonyl (C=O) groups excluding carboxylic acids is 1. The molecule has 0 bridgehead atoms. The molecule has 7 heteroatoms. The molecule has 4 aliphatic carbocycles.